The largest absolute Gasteiger partial charge is 0.467 e. The molecule has 0 spiro atoms. The van der Waals surface area contributed by atoms with E-state index in [2.05, 4.69) is 0 Å². The SMILES string of the molecule is CCc1c(OCOC)cc(OCOC)c(C(=O)c2ccccc2)c1CCOC. The average Bonchev–Trinajstić information content (AvgIpc) is 2.74. The lowest BCUT2D eigenvalue weighted by Gasteiger charge is -2.21. The molecule has 0 unspecified atom stereocenters. The topological polar surface area (TPSA) is 63.2 Å². The van der Waals surface area contributed by atoms with Crippen molar-refractivity contribution in [2.24, 2.45) is 0 Å². The van der Waals surface area contributed by atoms with Gasteiger partial charge in [0, 0.05) is 33.0 Å². The third-order valence-electron chi connectivity index (χ3n) is 4.31. The minimum Gasteiger partial charge on any atom is -0.467 e. The Labute approximate surface area is 166 Å². The molecule has 0 aliphatic rings. The molecule has 2 aromatic carbocycles. The molecule has 0 aliphatic heterocycles. The van der Waals surface area contributed by atoms with E-state index in [1.54, 1.807) is 32.4 Å². The minimum atomic E-state index is -0.106. The van der Waals surface area contributed by atoms with Gasteiger partial charge in [0.05, 0.1) is 12.2 Å². The fraction of sp³-hybridized carbons (Fsp3) is 0.409. The molecule has 0 atom stereocenters. The first-order valence-corrected chi connectivity index (χ1v) is 9.18. The van der Waals surface area contributed by atoms with Crippen molar-refractivity contribution in [1.82, 2.24) is 0 Å². The molecule has 0 bridgehead atoms. The monoisotopic (exact) mass is 388 g/mol. The molecule has 0 amide bonds. The van der Waals surface area contributed by atoms with E-state index in [0.29, 0.717) is 42.1 Å². The van der Waals surface area contributed by atoms with Gasteiger partial charge < -0.3 is 23.7 Å². The Bertz CT molecular complexity index is 757. The minimum absolute atomic E-state index is 0.0218. The quantitative estimate of drug-likeness (QED) is 0.409. The van der Waals surface area contributed by atoms with Gasteiger partial charge in [0.15, 0.2) is 19.4 Å². The van der Waals surface area contributed by atoms with Gasteiger partial charge in [0.1, 0.15) is 11.5 Å². The molecule has 0 fully saturated rings. The zero-order valence-corrected chi connectivity index (χ0v) is 16.9. The fourth-order valence-corrected chi connectivity index (χ4v) is 3.06. The number of benzene rings is 2. The van der Waals surface area contributed by atoms with Gasteiger partial charge in [-0.25, -0.2) is 0 Å². The van der Waals surface area contributed by atoms with Crippen LogP contribution >= 0.6 is 0 Å². The first-order valence-electron chi connectivity index (χ1n) is 9.18. The number of carbonyl (C=O) groups excluding carboxylic acids is 1. The van der Waals surface area contributed by atoms with Gasteiger partial charge in [-0.1, -0.05) is 37.3 Å². The summed E-state index contributed by atoms with van der Waals surface area (Å²) in [5.41, 5.74) is 2.91. The molecule has 152 valence electrons. The highest BCUT2D eigenvalue weighted by Gasteiger charge is 2.25. The molecule has 6 nitrogen and oxygen atoms in total. The number of hydrogen-bond donors (Lipinski definition) is 0. The van der Waals surface area contributed by atoms with Crippen LogP contribution in [-0.4, -0.2) is 47.3 Å². The summed E-state index contributed by atoms with van der Waals surface area (Å²) >= 11 is 0. The maximum Gasteiger partial charge on any atom is 0.197 e. The summed E-state index contributed by atoms with van der Waals surface area (Å²) in [4.78, 5) is 13.4. The van der Waals surface area contributed by atoms with Gasteiger partial charge in [-0.3, -0.25) is 4.79 Å². The van der Waals surface area contributed by atoms with Crippen molar-refractivity contribution in [3.8, 4) is 11.5 Å². The summed E-state index contributed by atoms with van der Waals surface area (Å²) in [7, 11) is 4.73. The Hall–Kier alpha value is -2.41. The van der Waals surface area contributed by atoms with E-state index >= 15 is 0 Å². The van der Waals surface area contributed by atoms with Crippen LogP contribution in [0, 0.1) is 0 Å². The maximum absolute atomic E-state index is 13.4. The van der Waals surface area contributed by atoms with Crippen LogP contribution in [0.4, 0.5) is 0 Å². The van der Waals surface area contributed by atoms with Crippen LogP contribution in [-0.2, 0) is 27.1 Å². The smallest absolute Gasteiger partial charge is 0.197 e. The number of rotatable bonds is 12. The number of methoxy groups -OCH3 is 3. The lowest BCUT2D eigenvalue weighted by molar-refractivity contribution is 0.0450. The normalized spacial score (nSPS) is 10.7. The first-order chi connectivity index (χ1) is 13.7. The van der Waals surface area contributed by atoms with Gasteiger partial charge in [0.25, 0.3) is 0 Å². The van der Waals surface area contributed by atoms with Crippen LogP contribution in [0.1, 0.15) is 34.0 Å². The van der Waals surface area contributed by atoms with E-state index < -0.39 is 0 Å². The van der Waals surface area contributed by atoms with Crippen LogP contribution in [0.5, 0.6) is 11.5 Å². The van der Waals surface area contributed by atoms with E-state index in [9.17, 15) is 4.79 Å². The van der Waals surface area contributed by atoms with Crippen molar-refractivity contribution in [3.63, 3.8) is 0 Å². The van der Waals surface area contributed by atoms with Gasteiger partial charge >= 0.3 is 0 Å². The highest BCUT2D eigenvalue weighted by atomic mass is 16.7. The van der Waals surface area contributed by atoms with Crippen LogP contribution in [0.3, 0.4) is 0 Å². The molecule has 0 N–H and O–H groups in total. The molecular weight excluding hydrogens is 360 g/mol. The van der Waals surface area contributed by atoms with Crippen molar-refractivity contribution in [1.29, 1.82) is 0 Å². The summed E-state index contributed by atoms with van der Waals surface area (Å²) in [5.74, 6) is 0.946. The van der Waals surface area contributed by atoms with Gasteiger partial charge in [0.2, 0.25) is 0 Å². The highest BCUT2D eigenvalue weighted by Crippen LogP contribution is 2.36. The second-order valence-electron chi connectivity index (χ2n) is 6.10. The van der Waals surface area contributed by atoms with Crippen LogP contribution in [0.25, 0.3) is 0 Å². The molecule has 0 aliphatic carbocycles. The van der Waals surface area contributed by atoms with Gasteiger partial charge in [-0.15, -0.1) is 0 Å². The summed E-state index contributed by atoms with van der Waals surface area (Å²) in [6.45, 7) is 2.62. The molecule has 28 heavy (non-hydrogen) atoms. The predicted octanol–water partition coefficient (Wildman–Crippen LogP) is 3.63. The highest BCUT2D eigenvalue weighted by molar-refractivity contribution is 6.12. The lowest BCUT2D eigenvalue weighted by atomic mass is 9.90. The molecular formula is C22H28O6. The van der Waals surface area contributed by atoms with Crippen molar-refractivity contribution in [2.45, 2.75) is 19.8 Å². The predicted molar refractivity (Wildman–Crippen MR) is 106 cm³/mol. The first kappa shape index (κ1) is 21.9. The molecule has 0 saturated heterocycles. The van der Waals surface area contributed by atoms with Crippen molar-refractivity contribution >= 4 is 5.78 Å². The number of hydrogen-bond acceptors (Lipinski definition) is 6. The van der Waals surface area contributed by atoms with Crippen molar-refractivity contribution in [2.75, 3.05) is 41.5 Å². The maximum atomic E-state index is 13.4. The van der Waals surface area contributed by atoms with E-state index in [-0.39, 0.29) is 19.4 Å². The van der Waals surface area contributed by atoms with Gasteiger partial charge in [-0.05, 0) is 24.0 Å². The molecule has 2 rings (SSSR count). The molecule has 6 heteroatoms. The molecule has 0 radical (unpaired) electrons. The fourth-order valence-electron chi connectivity index (χ4n) is 3.06. The standard InChI is InChI=1S/C22H28O6/c1-5-17-18(11-12-24-2)21(22(23)16-9-7-6-8-10-16)20(28-15-26-4)13-19(17)27-14-25-3/h6-10,13H,5,11-12,14-15H2,1-4H3. The molecule has 0 saturated carbocycles. The second-order valence-corrected chi connectivity index (χ2v) is 6.10. The zero-order chi connectivity index (χ0) is 20.4. The summed E-state index contributed by atoms with van der Waals surface area (Å²) < 4.78 is 26.9. The lowest BCUT2D eigenvalue weighted by Crippen LogP contribution is -2.15. The van der Waals surface area contributed by atoms with Crippen molar-refractivity contribution < 1.29 is 28.5 Å². The summed E-state index contributed by atoms with van der Waals surface area (Å²) in [6, 6.07) is 10.9. The average molecular weight is 388 g/mol. The third-order valence-corrected chi connectivity index (χ3v) is 4.31. The number of ketones is 1. The van der Waals surface area contributed by atoms with E-state index in [1.165, 1.54) is 7.11 Å². The third kappa shape index (κ3) is 5.32. The Balaban J connectivity index is 2.66. The van der Waals surface area contributed by atoms with E-state index in [1.807, 2.05) is 25.1 Å². The number of carbonyl (C=O) groups is 1. The molecule has 0 aromatic heterocycles. The second kappa shape index (κ2) is 11.4. The van der Waals surface area contributed by atoms with Gasteiger partial charge in [-0.2, -0.15) is 0 Å². The Kier molecular flexibility index (Phi) is 8.94. The number of ether oxygens (including phenoxy) is 5. The summed E-state index contributed by atoms with van der Waals surface area (Å²) in [6.07, 6.45) is 1.25. The zero-order valence-electron chi connectivity index (χ0n) is 16.9. The van der Waals surface area contributed by atoms with E-state index in [4.69, 9.17) is 23.7 Å². The molecule has 0 heterocycles. The van der Waals surface area contributed by atoms with Crippen LogP contribution in [0.15, 0.2) is 36.4 Å². The Morgan fingerprint density at radius 2 is 1.50 bits per heavy atom. The Morgan fingerprint density at radius 3 is 2.07 bits per heavy atom. The molecule has 2 aromatic rings. The van der Waals surface area contributed by atoms with E-state index in [0.717, 1.165) is 11.1 Å². The van der Waals surface area contributed by atoms with Crippen LogP contribution < -0.4 is 9.47 Å². The van der Waals surface area contributed by atoms with Crippen LogP contribution in [0.2, 0.25) is 0 Å². The Morgan fingerprint density at radius 1 is 0.857 bits per heavy atom. The van der Waals surface area contributed by atoms with Crippen molar-refractivity contribution in [3.05, 3.63) is 58.7 Å². The summed E-state index contributed by atoms with van der Waals surface area (Å²) in [5, 5.41) is 0.